The molecule has 0 heterocycles. The van der Waals surface area contributed by atoms with Gasteiger partial charge in [-0.25, -0.2) is 9.78 Å². The predicted molar refractivity (Wildman–Crippen MR) is 156 cm³/mol. The molecule has 2 aromatic rings. The lowest BCUT2D eigenvalue weighted by Gasteiger charge is -2.31. The number of aryl methyl sites for hydroxylation is 1. The van der Waals surface area contributed by atoms with E-state index < -0.39 is 16.7 Å². The second-order valence-electron chi connectivity index (χ2n) is 14.6. The summed E-state index contributed by atoms with van der Waals surface area (Å²) in [6.07, 6.45) is 0.953. The zero-order valence-electron chi connectivity index (χ0n) is 26.1. The normalized spacial score (nSPS) is 13.5. The first-order chi connectivity index (χ1) is 17.0. The summed E-state index contributed by atoms with van der Waals surface area (Å²) in [4.78, 5) is 24.5. The number of hydrogen-bond donors (Lipinski definition) is 2. The van der Waals surface area contributed by atoms with Crippen LogP contribution >= 0.6 is 0 Å². The average Bonchev–Trinajstić information content (AvgIpc) is 2.75. The van der Waals surface area contributed by atoms with Gasteiger partial charge in [0, 0.05) is 6.42 Å². The molecular weight excluding hydrogens is 474 g/mol. The van der Waals surface area contributed by atoms with E-state index in [0.717, 1.165) is 27.8 Å². The topological polar surface area (TPSA) is 67.8 Å². The van der Waals surface area contributed by atoms with Crippen LogP contribution in [0, 0.1) is 0 Å². The van der Waals surface area contributed by atoms with E-state index in [1.54, 1.807) is 0 Å². The minimum atomic E-state index is -0.655. The molecule has 0 atom stereocenters. The number of aromatic hydroxyl groups is 1. The number of carbonyl (C=O) groups excluding carboxylic acids is 1. The number of nitrogens with one attached hydrogen (secondary N) is 1. The lowest BCUT2D eigenvalue weighted by Crippen LogP contribution is -2.41. The van der Waals surface area contributed by atoms with Gasteiger partial charge >= 0.3 is 0 Å². The summed E-state index contributed by atoms with van der Waals surface area (Å²) in [6.45, 7) is 26.4. The van der Waals surface area contributed by atoms with Gasteiger partial charge in [-0.2, -0.15) is 0 Å². The van der Waals surface area contributed by atoms with Gasteiger partial charge in [-0.05, 0) is 93.5 Å². The summed E-state index contributed by atoms with van der Waals surface area (Å²) in [5.41, 5.74) is 2.80. The number of phenols is 1. The summed E-state index contributed by atoms with van der Waals surface area (Å²) in [5, 5.41) is 14.2. The highest BCUT2D eigenvalue weighted by atomic mass is 17.2. The van der Waals surface area contributed by atoms with Crippen LogP contribution in [0.15, 0.2) is 36.4 Å². The third kappa shape index (κ3) is 8.57. The van der Waals surface area contributed by atoms with E-state index >= 15 is 0 Å². The molecule has 2 rings (SSSR count). The van der Waals surface area contributed by atoms with E-state index in [-0.39, 0.29) is 16.7 Å². The largest absolute Gasteiger partial charge is 0.507 e. The lowest BCUT2D eigenvalue weighted by molar-refractivity contribution is -0.401. The molecule has 2 N–H and O–H groups in total. The number of rotatable bonds is 8. The number of phenolic OH excluding ortho intramolecular Hbond substituents is 1. The van der Waals surface area contributed by atoms with Crippen molar-refractivity contribution in [2.24, 2.45) is 0 Å². The second-order valence-corrected chi connectivity index (χ2v) is 14.6. The zero-order valence-corrected chi connectivity index (χ0v) is 26.1. The van der Waals surface area contributed by atoms with Crippen LogP contribution in [0.4, 0.5) is 0 Å². The fourth-order valence-electron chi connectivity index (χ4n) is 4.28. The van der Waals surface area contributed by atoms with Gasteiger partial charge in [-0.3, -0.25) is 4.79 Å². The second kappa shape index (κ2) is 11.0. The van der Waals surface area contributed by atoms with Gasteiger partial charge in [0.05, 0.1) is 11.1 Å². The molecule has 0 radical (unpaired) electrons. The smallest absolute Gasteiger partial charge is 0.221 e. The molecule has 0 fully saturated rings. The summed E-state index contributed by atoms with van der Waals surface area (Å²) < 4.78 is 0. The molecule has 0 aromatic heterocycles. The van der Waals surface area contributed by atoms with Crippen molar-refractivity contribution >= 4 is 5.91 Å². The molecule has 1 amide bonds. The molecule has 5 nitrogen and oxygen atoms in total. The Hall–Kier alpha value is -2.37. The molecule has 0 saturated heterocycles. The van der Waals surface area contributed by atoms with E-state index in [1.165, 1.54) is 0 Å². The Morgan fingerprint density at radius 1 is 0.763 bits per heavy atom. The first kappa shape index (κ1) is 31.8. The minimum Gasteiger partial charge on any atom is -0.507 e. The number of benzene rings is 2. The average molecular weight is 526 g/mol. The van der Waals surface area contributed by atoms with E-state index in [2.05, 4.69) is 52.9 Å². The molecule has 0 aliphatic rings. The van der Waals surface area contributed by atoms with Gasteiger partial charge < -0.3 is 10.4 Å². The van der Waals surface area contributed by atoms with Gasteiger partial charge in [-0.1, -0.05) is 77.9 Å². The Kier molecular flexibility index (Phi) is 9.23. The SMILES string of the molecule is CC(C)(C)OOC(C)(C)c1cccc(C(C)(C)NC(=O)CCc2cc(C(C)(C)C)c(O)c(C(C)(C)C)c2)c1. The van der Waals surface area contributed by atoms with Crippen LogP contribution in [0.3, 0.4) is 0 Å². The molecule has 0 unspecified atom stereocenters. The van der Waals surface area contributed by atoms with Crippen LogP contribution < -0.4 is 5.32 Å². The standard InChI is InChI=1S/C33H51NO4/c1-29(2,3)25-19-22(20-26(28(25)36)30(4,5)6)17-18-27(35)34-32(10,11)23-15-14-16-24(21-23)33(12,13)38-37-31(7,8)9/h14-16,19-21,36H,17-18H2,1-13H3,(H,34,35). The van der Waals surface area contributed by atoms with Crippen molar-refractivity contribution < 1.29 is 19.7 Å². The van der Waals surface area contributed by atoms with Gasteiger partial charge in [0.2, 0.25) is 5.91 Å². The summed E-state index contributed by atoms with van der Waals surface area (Å²) in [6, 6.07) is 12.2. The van der Waals surface area contributed by atoms with Crippen molar-refractivity contribution in [2.75, 3.05) is 0 Å². The van der Waals surface area contributed by atoms with Crippen molar-refractivity contribution in [1.29, 1.82) is 0 Å². The van der Waals surface area contributed by atoms with Crippen molar-refractivity contribution in [3.05, 3.63) is 64.2 Å². The summed E-state index contributed by atoms with van der Waals surface area (Å²) in [5.74, 6) is 0.341. The predicted octanol–water partition coefficient (Wildman–Crippen LogP) is 7.95. The Bertz CT molecular complexity index is 1090. The fraction of sp³-hybridized carbons (Fsp3) is 0.606. The number of carbonyl (C=O) groups is 1. The quantitative estimate of drug-likeness (QED) is 0.271. The molecule has 5 heteroatoms. The number of hydrogen-bond acceptors (Lipinski definition) is 4. The maximum atomic E-state index is 13.1. The van der Waals surface area contributed by atoms with Crippen molar-refractivity contribution in [3.63, 3.8) is 0 Å². The van der Waals surface area contributed by atoms with Crippen molar-refractivity contribution in [1.82, 2.24) is 5.32 Å². The highest BCUT2D eigenvalue weighted by molar-refractivity contribution is 5.77. The van der Waals surface area contributed by atoms with E-state index in [1.807, 2.05) is 78.8 Å². The van der Waals surface area contributed by atoms with Gasteiger partial charge in [0.1, 0.15) is 11.4 Å². The molecular formula is C33H51NO4. The van der Waals surface area contributed by atoms with Crippen LogP contribution in [0.2, 0.25) is 0 Å². The Labute approximate surface area is 231 Å². The Morgan fingerprint density at radius 2 is 1.26 bits per heavy atom. The monoisotopic (exact) mass is 525 g/mol. The minimum absolute atomic E-state index is 0.0188. The fourth-order valence-corrected chi connectivity index (χ4v) is 4.28. The van der Waals surface area contributed by atoms with Crippen molar-refractivity contribution in [3.8, 4) is 5.75 Å². The third-order valence-corrected chi connectivity index (χ3v) is 6.66. The maximum Gasteiger partial charge on any atom is 0.221 e. The Balaban J connectivity index is 2.20. The van der Waals surface area contributed by atoms with Crippen LogP contribution in [0.1, 0.15) is 124 Å². The molecule has 38 heavy (non-hydrogen) atoms. The van der Waals surface area contributed by atoms with Gasteiger partial charge in [0.15, 0.2) is 0 Å². The zero-order chi connectivity index (χ0) is 29.3. The summed E-state index contributed by atoms with van der Waals surface area (Å²) in [7, 11) is 0. The maximum absolute atomic E-state index is 13.1. The molecule has 0 saturated carbocycles. The van der Waals surface area contributed by atoms with Crippen LogP contribution in [-0.4, -0.2) is 16.6 Å². The molecule has 0 aliphatic heterocycles. The van der Waals surface area contributed by atoms with E-state index in [4.69, 9.17) is 9.78 Å². The summed E-state index contributed by atoms with van der Waals surface area (Å²) >= 11 is 0. The van der Waals surface area contributed by atoms with Crippen LogP contribution in [0.25, 0.3) is 0 Å². The molecule has 212 valence electrons. The van der Waals surface area contributed by atoms with Gasteiger partial charge in [-0.15, -0.1) is 0 Å². The van der Waals surface area contributed by atoms with Crippen molar-refractivity contribution in [2.45, 2.75) is 130 Å². The van der Waals surface area contributed by atoms with Crippen LogP contribution in [0.5, 0.6) is 5.75 Å². The molecule has 2 aromatic carbocycles. The first-order valence-corrected chi connectivity index (χ1v) is 13.7. The third-order valence-electron chi connectivity index (χ3n) is 6.66. The van der Waals surface area contributed by atoms with E-state index in [0.29, 0.717) is 18.6 Å². The molecule has 0 aliphatic carbocycles. The molecule has 0 bridgehead atoms. The van der Waals surface area contributed by atoms with Crippen LogP contribution in [-0.2, 0) is 43.0 Å². The lowest BCUT2D eigenvalue weighted by atomic mass is 9.78. The number of amides is 1. The molecule has 0 spiro atoms. The first-order valence-electron chi connectivity index (χ1n) is 13.7. The highest BCUT2D eigenvalue weighted by Gasteiger charge is 2.30. The van der Waals surface area contributed by atoms with Gasteiger partial charge in [0.25, 0.3) is 0 Å². The Morgan fingerprint density at radius 3 is 1.74 bits per heavy atom. The highest BCUT2D eigenvalue weighted by Crippen LogP contribution is 2.40. The van der Waals surface area contributed by atoms with E-state index in [9.17, 15) is 9.90 Å².